The molecule has 3 atom stereocenters. The smallest absolute Gasteiger partial charge is 0.414 e. The van der Waals surface area contributed by atoms with E-state index in [1.54, 1.807) is 29.2 Å². The van der Waals surface area contributed by atoms with Crippen molar-refractivity contribution in [2.45, 2.75) is 70.3 Å². The van der Waals surface area contributed by atoms with Crippen LogP contribution in [0.3, 0.4) is 0 Å². The van der Waals surface area contributed by atoms with Crippen molar-refractivity contribution in [2.75, 3.05) is 65.4 Å². The molecule has 8 rings (SSSR count). The number of halogens is 2. The van der Waals surface area contributed by atoms with Crippen LogP contribution in [0.4, 0.5) is 32.3 Å². The van der Waals surface area contributed by atoms with Gasteiger partial charge in [-0.1, -0.05) is 23.2 Å². The van der Waals surface area contributed by atoms with E-state index in [1.165, 1.54) is 46.1 Å². The van der Waals surface area contributed by atoms with E-state index in [-0.39, 0.29) is 49.1 Å². The molecule has 0 radical (unpaired) electrons. The van der Waals surface area contributed by atoms with E-state index in [4.69, 9.17) is 37.4 Å². The lowest BCUT2D eigenvalue weighted by Crippen LogP contribution is -2.40. The third-order valence-electron chi connectivity index (χ3n) is 10.4. The maximum atomic E-state index is 12.6. The van der Waals surface area contributed by atoms with Crippen molar-refractivity contribution in [3.05, 3.63) is 91.2 Å². The molecular weight excluding hydrogens is 864 g/mol. The number of carbonyl (C=O) groups excluding carboxylic acids is 5. The van der Waals surface area contributed by atoms with Gasteiger partial charge in [0, 0.05) is 42.4 Å². The largest absolute Gasteiger partial charge is 0.458 e. The SMILES string of the molecule is CC(C)(C)OC(=O)C1CCCN1c1ccc(N2CC(CNC(=O)c3ccc(Cl)s3)OC2=O)cc1.O=C(NCC1CN(c2ccc(N3CCCC3)cc2)C(=O)O1)c1ccc(Cl)s1. The Kier molecular flexibility index (Phi) is 14.0. The van der Waals surface area contributed by atoms with Crippen molar-refractivity contribution in [3.8, 4) is 0 Å². The highest BCUT2D eigenvalue weighted by molar-refractivity contribution is 7.18. The molecule has 6 heterocycles. The zero-order chi connectivity index (χ0) is 43.3. The lowest BCUT2D eigenvalue weighted by molar-refractivity contribution is -0.156. The normalized spacial score (nSPS) is 20.0. The van der Waals surface area contributed by atoms with Crippen LogP contribution < -0.4 is 30.2 Å². The molecule has 3 unspecified atom stereocenters. The third kappa shape index (κ3) is 11.3. The molecule has 61 heavy (non-hydrogen) atoms. The van der Waals surface area contributed by atoms with Crippen molar-refractivity contribution in [1.29, 1.82) is 0 Å². The number of nitrogens with one attached hydrogen (secondary N) is 2. The Balaban J connectivity index is 0.000000189. The lowest BCUT2D eigenvalue weighted by Gasteiger charge is -2.29. The van der Waals surface area contributed by atoms with Crippen molar-refractivity contribution in [3.63, 3.8) is 0 Å². The molecule has 2 N–H and O–H groups in total. The summed E-state index contributed by atoms with van der Waals surface area (Å²) in [6.07, 6.45) is 2.43. The average Bonchev–Trinajstić information content (AvgIpc) is 4.10. The standard InChI is InChI=1S/C24H28ClN3O5S.C19H20ClN3O3S/c1-24(2,3)33-22(30)18-5-4-12-27(18)15-6-8-16(9-7-15)28-14-17(32-23(28)31)13-26-21(29)19-10-11-20(25)34-19;20-17-8-7-16(27-17)18(24)21-11-15-12-23(19(25)26-15)14-5-3-13(4-6-14)22-9-1-2-10-22/h6-11,17-18H,4-5,12-14H2,1-3H3,(H,26,29);3-8,15H,1-2,9-12H2,(H,21,24). The summed E-state index contributed by atoms with van der Waals surface area (Å²) in [4.78, 5) is 70.2. The molecule has 0 saturated carbocycles. The van der Waals surface area contributed by atoms with Gasteiger partial charge in [-0.15, -0.1) is 22.7 Å². The maximum absolute atomic E-state index is 12.6. The Labute approximate surface area is 372 Å². The zero-order valence-corrected chi connectivity index (χ0v) is 37.2. The molecule has 0 aliphatic carbocycles. The number of esters is 1. The monoisotopic (exact) mass is 910 g/mol. The van der Waals surface area contributed by atoms with E-state index in [0.29, 0.717) is 37.2 Å². The first-order valence-corrected chi connectivity index (χ1v) is 22.6. The summed E-state index contributed by atoms with van der Waals surface area (Å²) in [5.74, 6) is -0.677. The highest BCUT2D eigenvalue weighted by Crippen LogP contribution is 2.31. The van der Waals surface area contributed by atoms with Crippen LogP contribution in [0.15, 0.2) is 72.8 Å². The van der Waals surface area contributed by atoms with Gasteiger partial charge in [0.2, 0.25) is 0 Å². The van der Waals surface area contributed by atoms with E-state index in [0.717, 1.165) is 43.9 Å². The lowest BCUT2D eigenvalue weighted by atomic mass is 10.1. The van der Waals surface area contributed by atoms with Gasteiger partial charge in [0.25, 0.3) is 11.8 Å². The first-order valence-electron chi connectivity index (χ1n) is 20.2. The number of nitrogens with zero attached hydrogens (tertiary/aromatic N) is 4. The van der Waals surface area contributed by atoms with Crippen molar-refractivity contribution in [1.82, 2.24) is 10.6 Å². The molecule has 4 amide bonds. The Hall–Kier alpha value is -5.03. The van der Waals surface area contributed by atoms with Crippen molar-refractivity contribution in [2.24, 2.45) is 0 Å². The molecule has 18 heteroatoms. The highest BCUT2D eigenvalue weighted by Gasteiger charge is 2.36. The molecule has 0 spiro atoms. The molecule has 4 aliphatic heterocycles. The Bertz CT molecular complexity index is 2210. The van der Waals surface area contributed by atoms with Gasteiger partial charge in [-0.25, -0.2) is 14.4 Å². The first-order chi connectivity index (χ1) is 29.2. The first kappa shape index (κ1) is 44.0. The summed E-state index contributed by atoms with van der Waals surface area (Å²) < 4.78 is 17.5. The van der Waals surface area contributed by atoms with Gasteiger partial charge in [0.05, 0.1) is 44.6 Å². The number of benzene rings is 2. The quantitative estimate of drug-likeness (QED) is 0.111. The van der Waals surface area contributed by atoms with Crippen LogP contribution in [0.5, 0.6) is 0 Å². The minimum atomic E-state index is -0.530. The summed E-state index contributed by atoms with van der Waals surface area (Å²) in [5, 5.41) is 5.58. The molecule has 0 bridgehead atoms. The number of rotatable bonds is 11. The fourth-order valence-corrected chi connectivity index (χ4v) is 9.39. The van der Waals surface area contributed by atoms with Crippen LogP contribution >= 0.6 is 45.9 Å². The summed E-state index contributed by atoms with van der Waals surface area (Å²) in [7, 11) is 0. The topological polar surface area (TPSA) is 150 Å². The molecular formula is C43H48Cl2N6O8S2. The number of carbonyl (C=O) groups is 5. The molecule has 4 saturated heterocycles. The Morgan fingerprint density at radius 1 is 0.672 bits per heavy atom. The van der Waals surface area contributed by atoms with Crippen LogP contribution in [0, 0.1) is 0 Å². The molecule has 14 nitrogen and oxygen atoms in total. The van der Waals surface area contributed by atoms with Gasteiger partial charge in [-0.2, -0.15) is 0 Å². The Morgan fingerprint density at radius 2 is 1.13 bits per heavy atom. The van der Waals surface area contributed by atoms with Gasteiger partial charge in [0.1, 0.15) is 23.9 Å². The number of ether oxygens (including phenoxy) is 3. The van der Waals surface area contributed by atoms with Gasteiger partial charge in [0.15, 0.2) is 0 Å². The third-order valence-corrected chi connectivity index (χ3v) is 12.8. The second kappa shape index (κ2) is 19.3. The number of cyclic esters (lactones) is 2. The van der Waals surface area contributed by atoms with E-state index >= 15 is 0 Å². The molecule has 2 aromatic heterocycles. The number of thiophene rings is 2. The summed E-state index contributed by atoms with van der Waals surface area (Å²) in [5.41, 5.74) is 3.06. The van der Waals surface area contributed by atoms with Crippen molar-refractivity contribution >= 4 is 98.6 Å². The van der Waals surface area contributed by atoms with Gasteiger partial charge >= 0.3 is 18.2 Å². The minimum absolute atomic E-state index is 0.208. The predicted molar refractivity (Wildman–Crippen MR) is 239 cm³/mol. The van der Waals surface area contributed by atoms with Gasteiger partial charge in [-0.3, -0.25) is 19.4 Å². The molecule has 2 aromatic carbocycles. The van der Waals surface area contributed by atoms with E-state index in [2.05, 4.69) is 20.4 Å². The Morgan fingerprint density at radius 3 is 1.57 bits per heavy atom. The van der Waals surface area contributed by atoms with Crippen LogP contribution in [-0.2, 0) is 19.0 Å². The predicted octanol–water partition coefficient (Wildman–Crippen LogP) is 8.22. The summed E-state index contributed by atoms with van der Waals surface area (Å²) >= 11 is 14.1. The van der Waals surface area contributed by atoms with Crippen LogP contribution in [0.2, 0.25) is 8.67 Å². The van der Waals surface area contributed by atoms with E-state index < -0.39 is 17.8 Å². The highest BCUT2D eigenvalue weighted by atomic mass is 35.5. The maximum Gasteiger partial charge on any atom is 0.414 e. The summed E-state index contributed by atoms with van der Waals surface area (Å²) in [6, 6.07) is 21.9. The fourth-order valence-electron chi connectivity index (χ4n) is 7.47. The van der Waals surface area contributed by atoms with E-state index in [1.807, 2.05) is 69.3 Å². The minimum Gasteiger partial charge on any atom is -0.458 e. The molecule has 324 valence electrons. The number of hydrogen-bond donors (Lipinski definition) is 2. The molecule has 4 fully saturated rings. The second-order valence-electron chi connectivity index (χ2n) is 16.0. The van der Waals surface area contributed by atoms with Crippen LogP contribution in [0.25, 0.3) is 0 Å². The summed E-state index contributed by atoms with van der Waals surface area (Å²) in [6.45, 7) is 9.75. The van der Waals surface area contributed by atoms with Gasteiger partial charge < -0.3 is 34.6 Å². The number of amides is 4. The zero-order valence-electron chi connectivity index (χ0n) is 34.1. The van der Waals surface area contributed by atoms with Gasteiger partial charge in [-0.05, 0) is 119 Å². The molecule has 4 aliphatic rings. The molecule has 4 aromatic rings. The number of anilines is 4. The van der Waals surface area contributed by atoms with E-state index in [9.17, 15) is 24.0 Å². The number of hydrogen-bond acceptors (Lipinski definition) is 12. The fraction of sp³-hybridized carbons (Fsp3) is 0.419. The van der Waals surface area contributed by atoms with Crippen molar-refractivity contribution < 1.29 is 38.2 Å². The van der Waals surface area contributed by atoms with Crippen LogP contribution in [-0.4, -0.2) is 99.6 Å². The van der Waals surface area contributed by atoms with Crippen LogP contribution in [0.1, 0.15) is 65.8 Å². The second-order valence-corrected chi connectivity index (χ2v) is 19.4. The average molecular weight is 912 g/mol.